The first-order valence-electron chi connectivity index (χ1n) is 5.36. The van der Waals surface area contributed by atoms with E-state index >= 15 is 0 Å². The summed E-state index contributed by atoms with van der Waals surface area (Å²) >= 11 is 1.64. The third-order valence-electron chi connectivity index (χ3n) is 2.27. The molecule has 0 fully saturated rings. The van der Waals surface area contributed by atoms with Gasteiger partial charge in [0.05, 0.1) is 0 Å². The van der Waals surface area contributed by atoms with E-state index in [1.165, 1.54) is 11.2 Å². The summed E-state index contributed by atoms with van der Waals surface area (Å²) in [5.74, 6) is 0.735. The Balaban J connectivity index is 2.07. The Morgan fingerprint density at radius 2 is 2.38 bits per heavy atom. The average molecular weight is 237 g/mol. The number of nitrogens with one attached hydrogen (secondary N) is 2. The van der Waals surface area contributed by atoms with Gasteiger partial charge >= 0.3 is 0 Å². The van der Waals surface area contributed by atoms with Gasteiger partial charge < -0.3 is 5.32 Å². The van der Waals surface area contributed by atoms with Crippen LogP contribution in [0.1, 0.15) is 31.2 Å². The molecule has 0 bridgehead atoms. The molecule has 0 amide bonds. The summed E-state index contributed by atoms with van der Waals surface area (Å²) in [5.41, 5.74) is 0. The van der Waals surface area contributed by atoms with E-state index in [2.05, 4.69) is 39.3 Å². The van der Waals surface area contributed by atoms with Gasteiger partial charge in [0.25, 0.3) is 0 Å². The van der Waals surface area contributed by atoms with E-state index in [9.17, 15) is 0 Å². The lowest BCUT2D eigenvalue weighted by molar-refractivity contribution is 0.577. The van der Waals surface area contributed by atoms with Crippen LogP contribution in [0.4, 0.5) is 0 Å². The molecule has 16 heavy (non-hydrogen) atoms. The zero-order valence-electron chi connectivity index (χ0n) is 9.40. The molecular formula is C10H15N5S. The van der Waals surface area contributed by atoms with Crippen LogP contribution < -0.4 is 5.32 Å². The van der Waals surface area contributed by atoms with Crippen LogP contribution in [-0.2, 0) is 0 Å². The molecule has 2 aromatic rings. The van der Waals surface area contributed by atoms with Crippen molar-refractivity contribution in [3.05, 3.63) is 17.4 Å². The Kier molecular flexibility index (Phi) is 3.63. The molecule has 1 atom stereocenters. The Hall–Kier alpha value is -1.27. The summed E-state index contributed by atoms with van der Waals surface area (Å²) in [5, 5.41) is 11.0. The summed E-state index contributed by atoms with van der Waals surface area (Å²) < 4.78 is 0. The van der Waals surface area contributed by atoms with Gasteiger partial charge in [0, 0.05) is 17.1 Å². The highest BCUT2D eigenvalue weighted by Crippen LogP contribution is 2.25. The minimum Gasteiger partial charge on any atom is -0.309 e. The fourth-order valence-electron chi connectivity index (χ4n) is 1.37. The number of thiazole rings is 1. The number of rotatable bonds is 5. The van der Waals surface area contributed by atoms with Gasteiger partial charge in [-0.2, -0.15) is 5.10 Å². The van der Waals surface area contributed by atoms with Crippen molar-refractivity contribution in [3.63, 3.8) is 0 Å². The molecule has 0 aromatic carbocycles. The second-order valence-corrected chi connectivity index (χ2v) is 4.64. The predicted molar refractivity (Wildman–Crippen MR) is 64.2 cm³/mol. The van der Waals surface area contributed by atoms with Gasteiger partial charge in [-0.3, -0.25) is 5.10 Å². The van der Waals surface area contributed by atoms with Crippen molar-refractivity contribution in [2.24, 2.45) is 0 Å². The molecule has 6 heteroatoms. The number of H-pyrrole nitrogens is 1. The van der Waals surface area contributed by atoms with Gasteiger partial charge in [0.15, 0.2) is 10.8 Å². The summed E-state index contributed by atoms with van der Waals surface area (Å²) in [6.45, 7) is 5.33. The smallest absolute Gasteiger partial charge is 0.184 e. The molecule has 2 aromatic heterocycles. The van der Waals surface area contributed by atoms with Crippen LogP contribution >= 0.6 is 11.3 Å². The van der Waals surface area contributed by atoms with Crippen LogP contribution in [0.25, 0.3) is 10.8 Å². The van der Waals surface area contributed by atoms with Crippen molar-refractivity contribution in [1.29, 1.82) is 0 Å². The molecule has 86 valence electrons. The molecule has 2 N–H and O–H groups in total. The van der Waals surface area contributed by atoms with Gasteiger partial charge in [-0.05, 0) is 19.9 Å². The molecule has 0 aliphatic rings. The molecule has 2 heterocycles. The molecule has 0 saturated heterocycles. The van der Waals surface area contributed by atoms with E-state index in [-0.39, 0.29) is 0 Å². The number of hydrogen-bond donors (Lipinski definition) is 2. The topological polar surface area (TPSA) is 66.5 Å². The number of aromatic nitrogens is 4. The summed E-state index contributed by atoms with van der Waals surface area (Å²) in [6, 6.07) is 0.342. The van der Waals surface area contributed by atoms with Crippen LogP contribution in [0.2, 0.25) is 0 Å². The SMILES string of the molecule is CCCNC(C)c1cnc(-c2ncn[nH]2)s1. The maximum Gasteiger partial charge on any atom is 0.184 e. The maximum absolute atomic E-state index is 4.33. The van der Waals surface area contributed by atoms with Crippen molar-refractivity contribution in [2.75, 3.05) is 6.54 Å². The number of nitrogens with zero attached hydrogens (tertiary/aromatic N) is 3. The molecule has 0 saturated carbocycles. The van der Waals surface area contributed by atoms with Gasteiger partial charge in [-0.15, -0.1) is 11.3 Å². The number of aromatic amines is 1. The summed E-state index contributed by atoms with van der Waals surface area (Å²) in [7, 11) is 0. The van der Waals surface area contributed by atoms with E-state index in [1.54, 1.807) is 11.3 Å². The molecule has 0 aliphatic heterocycles. The van der Waals surface area contributed by atoms with Gasteiger partial charge in [-0.25, -0.2) is 9.97 Å². The van der Waals surface area contributed by atoms with Crippen molar-refractivity contribution in [2.45, 2.75) is 26.3 Å². The van der Waals surface area contributed by atoms with Crippen LogP contribution in [-0.4, -0.2) is 26.7 Å². The average Bonchev–Trinajstić information content (AvgIpc) is 2.94. The Labute approximate surface area is 98.3 Å². The zero-order valence-corrected chi connectivity index (χ0v) is 10.2. The molecule has 0 radical (unpaired) electrons. The lowest BCUT2D eigenvalue weighted by Crippen LogP contribution is -2.18. The van der Waals surface area contributed by atoms with E-state index in [4.69, 9.17) is 0 Å². The van der Waals surface area contributed by atoms with Gasteiger partial charge in [-0.1, -0.05) is 6.92 Å². The third-order valence-corrected chi connectivity index (χ3v) is 3.46. The minimum absolute atomic E-state index is 0.342. The highest BCUT2D eigenvalue weighted by Gasteiger charge is 2.11. The van der Waals surface area contributed by atoms with Gasteiger partial charge in [0.2, 0.25) is 0 Å². The van der Waals surface area contributed by atoms with E-state index in [0.717, 1.165) is 23.8 Å². The molecule has 2 rings (SSSR count). The largest absolute Gasteiger partial charge is 0.309 e. The molecule has 5 nitrogen and oxygen atoms in total. The van der Waals surface area contributed by atoms with E-state index in [1.807, 2.05) is 6.20 Å². The van der Waals surface area contributed by atoms with E-state index < -0.39 is 0 Å². The standard InChI is InChI=1S/C10H15N5S/c1-3-4-11-7(2)8-5-12-10(16-8)9-13-6-14-15-9/h5-7,11H,3-4H2,1-2H3,(H,13,14,15). The second-order valence-electron chi connectivity index (χ2n) is 3.58. The Morgan fingerprint density at radius 1 is 1.50 bits per heavy atom. The highest BCUT2D eigenvalue weighted by atomic mass is 32.1. The van der Waals surface area contributed by atoms with Crippen molar-refractivity contribution in [1.82, 2.24) is 25.5 Å². The zero-order chi connectivity index (χ0) is 11.4. The van der Waals surface area contributed by atoms with Crippen LogP contribution in [0, 0.1) is 0 Å². The van der Waals surface area contributed by atoms with Gasteiger partial charge in [0.1, 0.15) is 6.33 Å². The Morgan fingerprint density at radius 3 is 3.06 bits per heavy atom. The Bertz CT molecular complexity index is 422. The minimum atomic E-state index is 0.342. The van der Waals surface area contributed by atoms with Crippen LogP contribution in [0.5, 0.6) is 0 Å². The maximum atomic E-state index is 4.33. The monoisotopic (exact) mass is 237 g/mol. The lowest BCUT2D eigenvalue weighted by Gasteiger charge is -2.09. The molecule has 0 spiro atoms. The molecular weight excluding hydrogens is 222 g/mol. The summed E-state index contributed by atoms with van der Waals surface area (Å²) in [6.07, 6.45) is 4.53. The lowest BCUT2D eigenvalue weighted by atomic mass is 10.3. The first kappa shape index (κ1) is 11.2. The van der Waals surface area contributed by atoms with E-state index in [0.29, 0.717) is 6.04 Å². The first-order chi connectivity index (χ1) is 7.81. The third kappa shape index (κ3) is 2.45. The highest BCUT2D eigenvalue weighted by molar-refractivity contribution is 7.15. The normalized spacial score (nSPS) is 12.9. The first-order valence-corrected chi connectivity index (χ1v) is 6.17. The fraction of sp³-hybridized carbons (Fsp3) is 0.500. The predicted octanol–water partition coefficient (Wildman–Crippen LogP) is 1.99. The molecule has 1 unspecified atom stereocenters. The van der Waals surface area contributed by atoms with Crippen molar-refractivity contribution < 1.29 is 0 Å². The number of hydrogen-bond acceptors (Lipinski definition) is 5. The van der Waals surface area contributed by atoms with Crippen LogP contribution in [0.15, 0.2) is 12.5 Å². The summed E-state index contributed by atoms with van der Waals surface area (Å²) in [4.78, 5) is 9.64. The quantitative estimate of drug-likeness (QED) is 0.834. The second kappa shape index (κ2) is 5.18. The molecule has 0 aliphatic carbocycles. The fourth-order valence-corrected chi connectivity index (χ4v) is 2.26. The van der Waals surface area contributed by atoms with Crippen LogP contribution in [0.3, 0.4) is 0 Å². The van der Waals surface area contributed by atoms with Crippen molar-refractivity contribution >= 4 is 11.3 Å². The van der Waals surface area contributed by atoms with Crippen molar-refractivity contribution in [3.8, 4) is 10.8 Å².